The van der Waals surface area contributed by atoms with Crippen LogP contribution in [0, 0.1) is 11.8 Å². The Morgan fingerprint density at radius 1 is 0.615 bits per heavy atom. The van der Waals surface area contributed by atoms with Crippen molar-refractivity contribution in [1.82, 2.24) is 0 Å². The first-order chi connectivity index (χ1) is 12.7. The Hall–Kier alpha value is -0.530. The van der Waals surface area contributed by atoms with Gasteiger partial charge in [-0.3, -0.25) is 4.79 Å². The van der Waals surface area contributed by atoms with Gasteiger partial charge in [0.05, 0.1) is 12.5 Å². The summed E-state index contributed by atoms with van der Waals surface area (Å²) in [7, 11) is 0. The Morgan fingerprint density at radius 3 is 1.58 bits per heavy atom. The first-order valence-electron chi connectivity index (χ1n) is 11.9. The lowest BCUT2D eigenvalue weighted by atomic mass is 9.80. The summed E-state index contributed by atoms with van der Waals surface area (Å²) in [5.74, 6) is 0.745. The zero-order chi connectivity index (χ0) is 19.5. The second-order valence-corrected chi connectivity index (χ2v) is 8.02. The smallest absolute Gasteiger partial charge is 0.309 e. The lowest BCUT2D eigenvalue weighted by Gasteiger charge is -2.26. The van der Waals surface area contributed by atoms with Crippen molar-refractivity contribution < 1.29 is 9.53 Å². The molecule has 0 aromatic heterocycles. The van der Waals surface area contributed by atoms with E-state index < -0.39 is 0 Å². The highest BCUT2D eigenvalue weighted by molar-refractivity contribution is 5.72. The highest BCUT2D eigenvalue weighted by atomic mass is 16.5. The van der Waals surface area contributed by atoms with E-state index in [1.807, 2.05) is 6.92 Å². The molecule has 0 saturated carbocycles. The summed E-state index contributed by atoms with van der Waals surface area (Å²) in [6.45, 7) is 9.20. The largest absolute Gasteiger partial charge is 0.466 e. The Bertz CT molecular complexity index is 301. The maximum atomic E-state index is 12.6. The molecule has 26 heavy (non-hydrogen) atoms. The predicted molar refractivity (Wildman–Crippen MR) is 115 cm³/mol. The van der Waals surface area contributed by atoms with E-state index >= 15 is 0 Å². The number of carbonyl (C=O) groups is 1. The first kappa shape index (κ1) is 25.5. The summed E-state index contributed by atoms with van der Waals surface area (Å²) in [5.41, 5.74) is 0. The van der Waals surface area contributed by atoms with Crippen LogP contribution in [0.2, 0.25) is 0 Å². The van der Waals surface area contributed by atoms with Crippen LogP contribution in [0.4, 0.5) is 0 Å². The van der Waals surface area contributed by atoms with Crippen molar-refractivity contribution >= 4 is 5.97 Å². The van der Waals surface area contributed by atoms with Crippen molar-refractivity contribution in [2.45, 2.75) is 130 Å². The average molecular weight is 369 g/mol. The van der Waals surface area contributed by atoms with Crippen LogP contribution < -0.4 is 0 Å². The molecule has 0 rings (SSSR count). The van der Waals surface area contributed by atoms with E-state index in [9.17, 15) is 4.79 Å². The van der Waals surface area contributed by atoms with Crippen LogP contribution in [0.1, 0.15) is 130 Å². The maximum Gasteiger partial charge on any atom is 0.309 e. The lowest BCUT2D eigenvalue weighted by Crippen LogP contribution is -2.26. The Morgan fingerprint density at radius 2 is 1.08 bits per heavy atom. The van der Waals surface area contributed by atoms with Gasteiger partial charge in [0.2, 0.25) is 0 Å². The molecule has 0 fully saturated rings. The van der Waals surface area contributed by atoms with Crippen LogP contribution in [-0.4, -0.2) is 12.6 Å². The van der Waals surface area contributed by atoms with Crippen molar-refractivity contribution in [3.63, 3.8) is 0 Å². The second kappa shape index (κ2) is 19.2. The summed E-state index contributed by atoms with van der Waals surface area (Å²) >= 11 is 0. The Kier molecular flexibility index (Phi) is 18.8. The van der Waals surface area contributed by atoms with Gasteiger partial charge in [0.15, 0.2) is 0 Å². The van der Waals surface area contributed by atoms with Gasteiger partial charge < -0.3 is 4.74 Å². The van der Waals surface area contributed by atoms with Gasteiger partial charge in [-0.2, -0.15) is 0 Å². The van der Waals surface area contributed by atoms with Gasteiger partial charge in [-0.25, -0.2) is 0 Å². The van der Waals surface area contributed by atoms with E-state index in [2.05, 4.69) is 20.8 Å². The summed E-state index contributed by atoms with van der Waals surface area (Å²) in [4.78, 5) is 12.6. The highest BCUT2D eigenvalue weighted by Crippen LogP contribution is 2.30. The summed E-state index contributed by atoms with van der Waals surface area (Å²) in [5, 5.41) is 0. The molecular formula is C24H48O2. The summed E-state index contributed by atoms with van der Waals surface area (Å²) in [6.07, 6.45) is 20.4. The molecule has 2 atom stereocenters. The van der Waals surface area contributed by atoms with E-state index in [4.69, 9.17) is 4.74 Å². The van der Waals surface area contributed by atoms with Crippen molar-refractivity contribution in [2.75, 3.05) is 6.61 Å². The molecular weight excluding hydrogens is 320 g/mol. The second-order valence-electron chi connectivity index (χ2n) is 8.02. The molecule has 0 aromatic carbocycles. The molecule has 0 saturated heterocycles. The maximum absolute atomic E-state index is 12.6. The van der Waals surface area contributed by atoms with Gasteiger partial charge >= 0.3 is 5.97 Å². The van der Waals surface area contributed by atoms with Crippen molar-refractivity contribution in [1.29, 1.82) is 0 Å². The van der Waals surface area contributed by atoms with E-state index in [1.165, 1.54) is 83.5 Å². The molecule has 156 valence electrons. The molecule has 0 amide bonds. The third-order valence-corrected chi connectivity index (χ3v) is 5.63. The predicted octanol–water partition coefficient (Wildman–Crippen LogP) is 8.08. The third-order valence-electron chi connectivity index (χ3n) is 5.63. The fourth-order valence-corrected chi connectivity index (χ4v) is 3.96. The number of unbranched alkanes of at least 4 members (excludes halogenated alkanes) is 10. The van der Waals surface area contributed by atoms with Crippen molar-refractivity contribution in [3.8, 4) is 0 Å². The minimum absolute atomic E-state index is 0.0735. The van der Waals surface area contributed by atoms with E-state index in [-0.39, 0.29) is 11.9 Å². The molecule has 0 N–H and O–H groups in total. The van der Waals surface area contributed by atoms with Gasteiger partial charge in [-0.1, -0.05) is 104 Å². The summed E-state index contributed by atoms with van der Waals surface area (Å²) in [6, 6.07) is 0. The normalized spacial score (nSPS) is 13.5. The van der Waals surface area contributed by atoms with Gasteiger partial charge in [-0.15, -0.1) is 0 Å². The fourth-order valence-electron chi connectivity index (χ4n) is 3.96. The molecule has 0 aliphatic heterocycles. The number of rotatable bonds is 19. The molecule has 2 nitrogen and oxygen atoms in total. The molecule has 2 heteroatoms. The van der Waals surface area contributed by atoms with Crippen LogP contribution >= 0.6 is 0 Å². The van der Waals surface area contributed by atoms with E-state index in [0.29, 0.717) is 12.5 Å². The Balaban J connectivity index is 4.51. The number of hydrogen-bond donors (Lipinski definition) is 0. The van der Waals surface area contributed by atoms with Crippen LogP contribution in [0.15, 0.2) is 0 Å². The minimum atomic E-state index is 0.0735. The average Bonchev–Trinajstić information content (AvgIpc) is 2.64. The molecule has 0 aliphatic rings. The van der Waals surface area contributed by atoms with Crippen LogP contribution in [0.5, 0.6) is 0 Å². The molecule has 0 radical (unpaired) electrons. The molecule has 2 unspecified atom stereocenters. The van der Waals surface area contributed by atoms with Crippen molar-refractivity contribution in [2.24, 2.45) is 11.8 Å². The summed E-state index contributed by atoms with van der Waals surface area (Å²) < 4.78 is 5.44. The molecule has 0 bridgehead atoms. The molecule has 0 heterocycles. The molecule has 0 aromatic rings. The van der Waals surface area contributed by atoms with Gasteiger partial charge in [0, 0.05) is 0 Å². The SMILES string of the molecule is CCCCCCCCCC(CCCCCC)C(CCCC)C(=O)OCC. The van der Waals surface area contributed by atoms with Crippen LogP contribution in [0.25, 0.3) is 0 Å². The third kappa shape index (κ3) is 13.6. The number of esters is 1. The number of ether oxygens (including phenoxy) is 1. The zero-order valence-electron chi connectivity index (χ0n) is 18.5. The molecule has 0 aliphatic carbocycles. The quantitative estimate of drug-likeness (QED) is 0.170. The topological polar surface area (TPSA) is 26.3 Å². The van der Waals surface area contributed by atoms with E-state index in [0.717, 1.165) is 19.3 Å². The highest BCUT2D eigenvalue weighted by Gasteiger charge is 2.28. The first-order valence-corrected chi connectivity index (χ1v) is 11.9. The van der Waals surface area contributed by atoms with Crippen molar-refractivity contribution in [3.05, 3.63) is 0 Å². The van der Waals surface area contributed by atoms with Gasteiger partial charge in [0.1, 0.15) is 0 Å². The number of carbonyl (C=O) groups excluding carboxylic acids is 1. The molecule has 0 spiro atoms. The van der Waals surface area contributed by atoms with Gasteiger partial charge in [0.25, 0.3) is 0 Å². The van der Waals surface area contributed by atoms with Crippen LogP contribution in [0.3, 0.4) is 0 Å². The standard InChI is InChI=1S/C24H48O2/c1-5-9-12-14-15-16-18-20-22(19-17-13-10-6-2)23(21-11-7-3)24(25)26-8-4/h22-23H,5-21H2,1-4H3. The van der Waals surface area contributed by atoms with Gasteiger partial charge in [-0.05, 0) is 32.1 Å². The minimum Gasteiger partial charge on any atom is -0.466 e. The zero-order valence-corrected chi connectivity index (χ0v) is 18.5. The van der Waals surface area contributed by atoms with E-state index in [1.54, 1.807) is 0 Å². The monoisotopic (exact) mass is 368 g/mol. The van der Waals surface area contributed by atoms with Crippen LogP contribution in [-0.2, 0) is 9.53 Å². The fraction of sp³-hybridized carbons (Fsp3) is 0.958. The number of hydrogen-bond acceptors (Lipinski definition) is 2. The Labute approximate surface area is 164 Å². The lowest BCUT2D eigenvalue weighted by molar-refractivity contribution is -0.150.